The number of aliphatic carboxylic acids is 1. The van der Waals surface area contributed by atoms with E-state index in [1.165, 1.54) is 10.2 Å². The maximum Gasteiger partial charge on any atom is 0.325 e. The zero-order chi connectivity index (χ0) is 16.7. The molecule has 1 aromatic carbocycles. The number of nitrogens with one attached hydrogen (secondary N) is 1. The van der Waals surface area contributed by atoms with E-state index < -0.39 is 12.1 Å². The van der Waals surface area contributed by atoms with Gasteiger partial charge in [0.1, 0.15) is 12.4 Å². The Morgan fingerprint density at radius 2 is 2.08 bits per heavy atom. The summed E-state index contributed by atoms with van der Waals surface area (Å²) in [5, 5.41) is 26.7. The number of carbonyl (C=O) groups is 1. The number of carboxylic acids is 1. The van der Waals surface area contributed by atoms with Crippen molar-refractivity contribution in [2.45, 2.75) is 43.4 Å². The Labute approximate surface area is 139 Å². The summed E-state index contributed by atoms with van der Waals surface area (Å²) in [7, 11) is 0. The number of rotatable bonds is 5. The van der Waals surface area contributed by atoms with E-state index in [9.17, 15) is 15.0 Å². The SMILES string of the molecule is O=C(O)Cn1nc(C2(c3ccccc3)CC2)nc1[C@@H]1C[C@@H](O)CN1. The fourth-order valence-corrected chi connectivity index (χ4v) is 3.50. The van der Waals surface area contributed by atoms with Gasteiger partial charge in [-0.1, -0.05) is 30.3 Å². The molecular weight excluding hydrogens is 308 g/mol. The topological polar surface area (TPSA) is 100 Å². The van der Waals surface area contributed by atoms with Gasteiger partial charge in [0.05, 0.1) is 17.6 Å². The van der Waals surface area contributed by atoms with Crippen LogP contribution in [0, 0.1) is 0 Å². The fraction of sp³-hybridized carbons (Fsp3) is 0.471. The standard InChI is InChI=1S/C17H20N4O3/c22-12-8-13(18-9-12)15-19-16(20-21(15)10-14(23)24)17(6-7-17)11-4-2-1-3-5-11/h1-5,12-13,18,22H,6-10H2,(H,23,24)/t12-,13+/m1/s1. The van der Waals surface area contributed by atoms with Crippen LogP contribution in [0.15, 0.2) is 30.3 Å². The van der Waals surface area contributed by atoms with Gasteiger partial charge in [0, 0.05) is 6.54 Å². The molecule has 2 aromatic rings. The summed E-state index contributed by atoms with van der Waals surface area (Å²) in [6.07, 6.45) is 2.02. The minimum absolute atomic E-state index is 0.160. The van der Waals surface area contributed by atoms with Crippen LogP contribution < -0.4 is 5.32 Å². The second-order valence-electron chi connectivity index (χ2n) is 6.64. The van der Waals surface area contributed by atoms with Gasteiger partial charge in [-0.3, -0.25) is 4.79 Å². The zero-order valence-corrected chi connectivity index (χ0v) is 13.2. The molecule has 0 bridgehead atoms. The first-order chi connectivity index (χ1) is 11.6. The molecule has 2 aliphatic rings. The summed E-state index contributed by atoms with van der Waals surface area (Å²) in [5.74, 6) is 0.343. The highest BCUT2D eigenvalue weighted by Crippen LogP contribution is 2.52. The number of aromatic nitrogens is 3. The van der Waals surface area contributed by atoms with Crippen LogP contribution in [0.3, 0.4) is 0 Å². The number of benzene rings is 1. The minimum Gasteiger partial charge on any atom is -0.480 e. The predicted octanol–water partition coefficient (Wildman–Crippen LogP) is 0.838. The van der Waals surface area contributed by atoms with Crippen LogP contribution >= 0.6 is 0 Å². The molecule has 0 amide bonds. The van der Waals surface area contributed by atoms with Crippen molar-refractivity contribution in [3.8, 4) is 0 Å². The molecule has 7 nitrogen and oxygen atoms in total. The van der Waals surface area contributed by atoms with E-state index in [-0.39, 0.29) is 18.0 Å². The Morgan fingerprint density at radius 1 is 1.33 bits per heavy atom. The molecule has 1 saturated carbocycles. The molecule has 2 fully saturated rings. The lowest BCUT2D eigenvalue weighted by molar-refractivity contribution is -0.137. The number of hydrogen-bond acceptors (Lipinski definition) is 5. The van der Waals surface area contributed by atoms with E-state index in [0.29, 0.717) is 24.6 Å². The van der Waals surface area contributed by atoms with Crippen LogP contribution in [0.5, 0.6) is 0 Å². The first-order valence-corrected chi connectivity index (χ1v) is 8.22. The number of aliphatic hydroxyl groups excluding tert-OH is 1. The third kappa shape index (κ3) is 2.59. The molecule has 0 radical (unpaired) electrons. The van der Waals surface area contributed by atoms with Gasteiger partial charge in [0.25, 0.3) is 0 Å². The fourth-order valence-electron chi connectivity index (χ4n) is 3.50. The summed E-state index contributed by atoms with van der Waals surface area (Å²) >= 11 is 0. The molecule has 2 atom stereocenters. The number of β-amino-alcohol motifs (C(OH)–C–C–N with tert-alkyl or cyclic N) is 1. The predicted molar refractivity (Wildman–Crippen MR) is 85.5 cm³/mol. The zero-order valence-electron chi connectivity index (χ0n) is 13.2. The molecule has 0 spiro atoms. The monoisotopic (exact) mass is 328 g/mol. The van der Waals surface area contributed by atoms with E-state index in [1.54, 1.807) is 0 Å². The Bertz CT molecular complexity index is 754. The summed E-state index contributed by atoms with van der Waals surface area (Å²) in [4.78, 5) is 15.9. The van der Waals surface area contributed by atoms with Crippen molar-refractivity contribution in [3.63, 3.8) is 0 Å². The van der Waals surface area contributed by atoms with Gasteiger partial charge in [-0.2, -0.15) is 5.10 Å². The lowest BCUT2D eigenvalue weighted by Gasteiger charge is -2.11. The Balaban J connectivity index is 1.72. The molecule has 1 aliphatic heterocycles. The molecular formula is C17H20N4O3. The van der Waals surface area contributed by atoms with Crippen LogP contribution in [0.4, 0.5) is 0 Å². The van der Waals surface area contributed by atoms with E-state index in [4.69, 9.17) is 4.98 Å². The number of aliphatic hydroxyl groups is 1. The average Bonchev–Trinajstić information content (AvgIpc) is 3.11. The molecule has 1 aliphatic carbocycles. The summed E-state index contributed by atoms with van der Waals surface area (Å²) in [5.41, 5.74) is 0.972. The second kappa shape index (κ2) is 5.68. The summed E-state index contributed by atoms with van der Waals surface area (Å²) in [6, 6.07) is 9.96. The van der Waals surface area contributed by atoms with Crippen molar-refractivity contribution in [2.75, 3.05) is 6.54 Å². The van der Waals surface area contributed by atoms with E-state index in [1.807, 2.05) is 18.2 Å². The van der Waals surface area contributed by atoms with Gasteiger partial charge in [-0.25, -0.2) is 9.67 Å². The van der Waals surface area contributed by atoms with Crippen molar-refractivity contribution in [3.05, 3.63) is 47.5 Å². The van der Waals surface area contributed by atoms with Gasteiger partial charge >= 0.3 is 5.97 Å². The van der Waals surface area contributed by atoms with Crippen LogP contribution in [0.1, 0.15) is 42.5 Å². The first-order valence-electron chi connectivity index (χ1n) is 8.22. The number of carboxylic acid groups (broad SMARTS) is 1. The number of nitrogens with zero attached hydrogens (tertiary/aromatic N) is 3. The van der Waals surface area contributed by atoms with Gasteiger partial charge in [0.15, 0.2) is 5.82 Å². The summed E-state index contributed by atoms with van der Waals surface area (Å²) in [6.45, 7) is 0.269. The van der Waals surface area contributed by atoms with Crippen molar-refractivity contribution < 1.29 is 15.0 Å². The highest BCUT2D eigenvalue weighted by atomic mass is 16.4. The van der Waals surface area contributed by atoms with E-state index >= 15 is 0 Å². The molecule has 1 saturated heterocycles. The van der Waals surface area contributed by atoms with Crippen LogP contribution in [-0.2, 0) is 16.8 Å². The maximum atomic E-state index is 11.2. The van der Waals surface area contributed by atoms with Crippen molar-refractivity contribution >= 4 is 5.97 Å². The maximum absolute atomic E-state index is 11.2. The van der Waals surface area contributed by atoms with Gasteiger partial charge in [-0.05, 0) is 24.8 Å². The normalized spacial score (nSPS) is 24.9. The molecule has 4 rings (SSSR count). The molecule has 1 aromatic heterocycles. The van der Waals surface area contributed by atoms with Crippen LogP contribution in [-0.4, -0.2) is 43.6 Å². The Hall–Kier alpha value is -2.25. The molecule has 3 N–H and O–H groups in total. The van der Waals surface area contributed by atoms with Gasteiger partial charge in [-0.15, -0.1) is 0 Å². The minimum atomic E-state index is -0.948. The molecule has 126 valence electrons. The number of hydrogen-bond donors (Lipinski definition) is 3. The third-order valence-corrected chi connectivity index (χ3v) is 4.91. The smallest absolute Gasteiger partial charge is 0.325 e. The third-order valence-electron chi connectivity index (χ3n) is 4.91. The second-order valence-corrected chi connectivity index (χ2v) is 6.64. The van der Waals surface area contributed by atoms with E-state index in [0.717, 1.165) is 12.8 Å². The summed E-state index contributed by atoms with van der Waals surface area (Å²) < 4.78 is 1.47. The molecule has 24 heavy (non-hydrogen) atoms. The molecule has 0 unspecified atom stereocenters. The molecule has 7 heteroatoms. The quantitative estimate of drug-likeness (QED) is 0.752. The van der Waals surface area contributed by atoms with Gasteiger partial charge < -0.3 is 15.5 Å². The van der Waals surface area contributed by atoms with Crippen LogP contribution in [0.25, 0.3) is 0 Å². The molecule has 2 heterocycles. The lowest BCUT2D eigenvalue weighted by Crippen LogP contribution is -2.21. The first kappa shape index (κ1) is 15.3. The Morgan fingerprint density at radius 3 is 2.67 bits per heavy atom. The average molecular weight is 328 g/mol. The lowest BCUT2D eigenvalue weighted by atomic mass is 9.95. The highest BCUT2D eigenvalue weighted by molar-refractivity contribution is 5.66. The van der Waals surface area contributed by atoms with Crippen molar-refractivity contribution in [2.24, 2.45) is 0 Å². The Kier molecular flexibility index (Phi) is 3.62. The van der Waals surface area contributed by atoms with Crippen molar-refractivity contribution in [1.29, 1.82) is 0 Å². The largest absolute Gasteiger partial charge is 0.480 e. The van der Waals surface area contributed by atoms with Crippen molar-refractivity contribution in [1.82, 2.24) is 20.1 Å². The van der Waals surface area contributed by atoms with E-state index in [2.05, 4.69) is 22.5 Å². The van der Waals surface area contributed by atoms with Crippen LogP contribution in [0.2, 0.25) is 0 Å². The van der Waals surface area contributed by atoms with Gasteiger partial charge in [0.2, 0.25) is 0 Å². The highest BCUT2D eigenvalue weighted by Gasteiger charge is 2.50.